The molecule has 1 aromatic carbocycles. The fourth-order valence-corrected chi connectivity index (χ4v) is 4.51. The van der Waals surface area contributed by atoms with Gasteiger partial charge in [-0.25, -0.2) is 4.98 Å². The summed E-state index contributed by atoms with van der Waals surface area (Å²) in [6.07, 6.45) is 5.89. The van der Waals surface area contributed by atoms with E-state index in [0.29, 0.717) is 6.54 Å². The van der Waals surface area contributed by atoms with Crippen LogP contribution in [0.5, 0.6) is 0 Å². The molecule has 2 heterocycles. The van der Waals surface area contributed by atoms with Crippen molar-refractivity contribution in [1.82, 2.24) is 25.1 Å². The number of amides is 1. The summed E-state index contributed by atoms with van der Waals surface area (Å²) in [4.78, 5) is 25.5. The van der Waals surface area contributed by atoms with Gasteiger partial charge in [0.2, 0.25) is 5.91 Å². The molecule has 1 saturated heterocycles. The van der Waals surface area contributed by atoms with Crippen molar-refractivity contribution < 1.29 is 4.79 Å². The number of fused-ring (bicyclic) bond motifs is 1. The Kier molecular flexibility index (Phi) is 5.27. The number of likely N-dealkylation sites (N-methyl/N-ethyl adjacent to an activating group) is 1. The number of nitrogens with one attached hydrogen (secondary N) is 2. The molecule has 1 aliphatic heterocycles. The lowest BCUT2D eigenvalue weighted by atomic mass is 9.90. The Morgan fingerprint density at radius 3 is 2.48 bits per heavy atom. The van der Waals surface area contributed by atoms with Crippen molar-refractivity contribution >= 4 is 5.91 Å². The van der Waals surface area contributed by atoms with Crippen molar-refractivity contribution in [2.75, 3.05) is 39.3 Å². The fraction of sp³-hybridized carbons (Fsp3) is 0.524. The van der Waals surface area contributed by atoms with Crippen LogP contribution in [0.4, 0.5) is 0 Å². The number of piperazine rings is 1. The summed E-state index contributed by atoms with van der Waals surface area (Å²) in [6, 6.07) is 8.52. The topological polar surface area (TPSA) is 64.3 Å². The number of nitrogens with zero attached hydrogens (tertiary/aromatic N) is 3. The second-order valence-electron chi connectivity index (χ2n) is 7.66. The highest BCUT2D eigenvalue weighted by Crippen LogP contribution is 2.35. The fourth-order valence-electron chi connectivity index (χ4n) is 4.51. The molecule has 0 radical (unpaired) electrons. The molecule has 0 bridgehead atoms. The summed E-state index contributed by atoms with van der Waals surface area (Å²) < 4.78 is 0. The molecular formula is C21H29N5O. The van der Waals surface area contributed by atoms with Crippen LogP contribution in [0.25, 0.3) is 0 Å². The molecular weight excluding hydrogens is 338 g/mol. The van der Waals surface area contributed by atoms with E-state index in [9.17, 15) is 4.79 Å². The van der Waals surface area contributed by atoms with Crippen LogP contribution in [0.3, 0.4) is 0 Å². The summed E-state index contributed by atoms with van der Waals surface area (Å²) in [5.41, 5.74) is 3.24. The molecule has 2 N–H and O–H groups in total. The van der Waals surface area contributed by atoms with E-state index in [2.05, 4.69) is 56.3 Å². The highest BCUT2D eigenvalue weighted by Gasteiger charge is 2.48. The summed E-state index contributed by atoms with van der Waals surface area (Å²) in [7, 11) is 0. The average molecular weight is 367 g/mol. The molecule has 6 nitrogen and oxygen atoms in total. The summed E-state index contributed by atoms with van der Waals surface area (Å²) >= 11 is 0. The standard InChI is InChI=1S/C21H29N5O/c1-2-25-9-11-26(12-10-25)21(13-17-5-3-4-6-18(17)14-21)20(27)23-8-7-19-15-22-16-24-19/h3-6,15-16H,2,7-14H2,1H3,(H,22,24)(H,23,27). The highest BCUT2D eigenvalue weighted by molar-refractivity contribution is 5.88. The quantitative estimate of drug-likeness (QED) is 0.806. The van der Waals surface area contributed by atoms with E-state index in [-0.39, 0.29) is 5.91 Å². The third-order valence-electron chi connectivity index (χ3n) is 6.17. The molecule has 0 unspecified atom stereocenters. The Bertz CT molecular complexity index is 740. The predicted molar refractivity (Wildman–Crippen MR) is 106 cm³/mol. The van der Waals surface area contributed by atoms with Crippen LogP contribution in [0.2, 0.25) is 0 Å². The first-order valence-corrected chi connectivity index (χ1v) is 10.0. The Morgan fingerprint density at radius 1 is 1.19 bits per heavy atom. The lowest BCUT2D eigenvalue weighted by Gasteiger charge is -2.44. The second-order valence-corrected chi connectivity index (χ2v) is 7.66. The lowest BCUT2D eigenvalue weighted by Crippen LogP contribution is -2.64. The summed E-state index contributed by atoms with van der Waals surface area (Å²) in [5.74, 6) is 0.170. The van der Waals surface area contributed by atoms with Crippen LogP contribution in [0.1, 0.15) is 23.7 Å². The van der Waals surface area contributed by atoms with Gasteiger partial charge in [0, 0.05) is 63.9 Å². The van der Waals surface area contributed by atoms with Crippen molar-refractivity contribution in [2.45, 2.75) is 31.7 Å². The van der Waals surface area contributed by atoms with E-state index in [1.807, 2.05) is 6.20 Å². The zero-order chi connectivity index (χ0) is 18.7. The van der Waals surface area contributed by atoms with E-state index in [4.69, 9.17) is 0 Å². The Labute approximate surface area is 161 Å². The molecule has 2 aliphatic rings. The Morgan fingerprint density at radius 2 is 1.89 bits per heavy atom. The van der Waals surface area contributed by atoms with Crippen molar-refractivity contribution in [1.29, 1.82) is 0 Å². The van der Waals surface area contributed by atoms with Gasteiger partial charge in [-0.3, -0.25) is 9.69 Å². The van der Waals surface area contributed by atoms with Gasteiger partial charge < -0.3 is 15.2 Å². The van der Waals surface area contributed by atoms with Crippen LogP contribution < -0.4 is 5.32 Å². The van der Waals surface area contributed by atoms with E-state index in [1.54, 1.807) is 6.33 Å². The Hall–Kier alpha value is -2.18. The third-order valence-corrected chi connectivity index (χ3v) is 6.17. The number of benzene rings is 1. The second kappa shape index (κ2) is 7.82. The smallest absolute Gasteiger partial charge is 0.241 e. The molecule has 2 aromatic rings. The molecule has 1 aromatic heterocycles. The van der Waals surface area contributed by atoms with Crippen LogP contribution in [-0.2, 0) is 24.1 Å². The van der Waals surface area contributed by atoms with Crippen molar-refractivity contribution in [3.05, 3.63) is 53.6 Å². The number of imidazole rings is 1. The largest absolute Gasteiger partial charge is 0.354 e. The van der Waals surface area contributed by atoms with Gasteiger partial charge in [0.05, 0.1) is 6.33 Å². The predicted octanol–water partition coefficient (Wildman–Crippen LogP) is 1.24. The maximum atomic E-state index is 13.4. The minimum atomic E-state index is -0.447. The number of aromatic nitrogens is 2. The van der Waals surface area contributed by atoms with E-state index < -0.39 is 5.54 Å². The monoisotopic (exact) mass is 367 g/mol. The Balaban J connectivity index is 1.49. The van der Waals surface area contributed by atoms with Crippen molar-refractivity contribution in [3.8, 4) is 0 Å². The van der Waals surface area contributed by atoms with Gasteiger partial charge in [0.25, 0.3) is 0 Å². The van der Waals surface area contributed by atoms with Gasteiger partial charge in [-0.1, -0.05) is 31.2 Å². The van der Waals surface area contributed by atoms with E-state index in [0.717, 1.165) is 57.7 Å². The van der Waals surface area contributed by atoms with Crippen LogP contribution in [0, 0.1) is 0 Å². The minimum Gasteiger partial charge on any atom is -0.354 e. The van der Waals surface area contributed by atoms with Crippen LogP contribution >= 0.6 is 0 Å². The van der Waals surface area contributed by atoms with Crippen LogP contribution in [0.15, 0.2) is 36.8 Å². The number of aromatic amines is 1. The minimum absolute atomic E-state index is 0.170. The molecule has 144 valence electrons. The number of carbonyl (C=O) groups is 1. The van der Waals surface area contributed by atoms with Gasteiger partial charge in [-0.05, 0) is 17.7 Å². The molecule has 6 heteroatoms. The number of hydrogen-bond acceptors (Lipinski definition) is 4. The molecule has 0 atom stereocenters. The first-order chi connectivity index (χ1) is 13.2. The van der Waals surface area contributed by atoms with Gasteiger partial charge in [-0.2, -0.15) is 0 Å². The van der Waals surface area contributed by atoms with Gasteiger partial charge in [-0.15, -0.1) is 0 Å². The van der Waals surface area contributed by atoms with Gasteiger partial charge in [0.15, 0.2) is 0 Å². The molecule has 0 saturated carbocycles. The highest BCUT2D eigenvalue weighted by atomic mass is 16.2. The van der Waals surface area contributed by atoms with Gasteiger partial charge in [0.1, 0.15) is 5.54 Å². The molecule has 1 aliphatic carbocycles. The SMILES string of the molecule is CCN1CCN(C2(C(=O)NCCc3cnc[nH]3)Cc3ccccc3C2)CC1. The molecule has 0 spiro atoms. The maximum Gasteiger partial charge on any atom is 0.241 e. The van der Waals surface area contributed by atoms with Crippen LogP contribution in [-0.4, -0.2) is 70.5 Å². The number of carbonyl (C=O) groups excluding carboxylic acids is 1. The van der Waals surface area contributed by atoms with E-state index >= 15 is 0 Å². The zero-order valence-electron chi connectivity index (χ0n) is 16.1. The molecule has 1 amide bonds. The summed E-state index contributed by atoms with van der Waals surface area (Å²) in [5, 5.41) is 3.22. The molecule has 4 rings (SSSR count). The number of rotatable bonds is 6. The maximum absolute atomic E-state index is 13.4. The zero-order valence-corrected chi connectivity index (χ0v) is 16.1. The lowest BCUT2D eigenvalue weighted by molar-refractivity contribution is -0.134. The first kappa shape index (κ1) is 18.2. The van der Waals surface area contributed by atoms with E-state index in [1.165, 1.54) is 11.1 Å². The number of H-pyrrole nitrogens is 1. The third kappa shape index (κ3) is 3.64. The van der Waals surface area contributed by atoms with Gasteiger partial charge >= 0.3 is 0 Å². The summed E-state index contributed by atoms with van der Waals surface area (Å²) in [6.45, 7) is 7.90. The number of hydrogen-bond donors (Lipinski definition) is 2. The first-order valence-electron chi connectivity index (χ1n) is 10.0. The van der Waals surface area contributed by atoms with Crippen molar-refractivity contribution in [2.24, 2.45) is 0 Å². The average Bonchev–Trinajstić information content (AvgIpc) is 3.36. The normalized spacial score (nSPS) is 19.7. The van der Waals surface area contributed by atoms with Crippen molar-refractivity contribution in [3.63, 3.8) is 0 Å². The molecule has 27 heavy (non-hydrogen) atoms. The molecule has 1 fully saturated rings.